The van der Waals surface area contributed by atoms with E-state index in [1.165, 1.54) is 0 Å². The summed E-state index contributed by atoms with van der Waals surface area (Å²) in [5.41, 5.74) is 0.903. The summed E-state index contributed by atoms with van der Waals surface area (Å²) in [4.78, 5) is 0. The Hall–Kier alpha value is -1.26. The highest BCUT2D eigenvalue weighted by Gasteiger charge is 2.14. The zero-order valence-electron chi connectivity index (χ0n) is 11.1. The Kier molecular flexibility index (Phi) is 4.66. The molecule has 1 unspecified atom stereocenters. The monoisotopic (exact) mass is 323 g/mol. The molecule has 0 bridgehead atoms. The molecule has 102 valence electrons. The maximum Gasteiger partial charge on any atom is 0.120 e. The maximum absolute atomic E-state index is 9.95. The predicted octanol–water partition coefficient (Wildman–Crippen LogP) is 4.30. The van der Waals surface area contributed by atoms with E-state index in [9.17, 15) is 5.11 Å². The molecular weight excluding hydrogens is 306 g/mol. The smallest absolute Gasteiger partial charge is 0.120 e. The third-order valence-electron chi connectivity index (χ3n) is 3.09. The van der Waals surface area contributed by atoms with Gasteiger partial charge in [-0.2, -0.15) is 0 Å². The Morgan fingerprint density at radius 2 is 2.11 bits per heavy atom. The molecule has 1 atom stereocenters. The van der Waals surface area contributed by atoms with Crippen LogP contribution in [0, 0.1) is 6.92 Å². The van der Waals surface area contributed by atoms with Gasteiger partial charge in [0.1, 0.15) is 17.3 Å². The average molecular weight is 324 g/mol. The Bertz CT molecular complexity index is 551. The average Bonchev–Trinajstić information content (AvgIpc) is 2.80. The van der Waals surface area contributed by atoms with Crippen molar-refractivity contribution in [3.63, 3.8) is 0 Å². The van der Waals surface area contributed by atoms with Gasteiger partial charge in [0.25, 0.3) is 0 Å². The van der Waals surface area contributed by atoms with Crippen LogP contribution in [-0.4, -0.2) is 5.11 Å². The number of hydrogen-bond acceptors (Lipinski definition) is 3. The quantitative estimate of drug-likeness (QED) is 0.862. The van der Waals surface area contributed by atoms with E-state index in [0.29, 0.717) is 12.3 Å². The molecule has 0 saturated carbocycles. The topological polar surface area (TPSA) is 45.4 Å². The Morgan fingerprint density at radius 3 is 2.74 bits per heavy atom. The number of aryl methyl sites for hydroxylation is 1. The van der Waals surface area contributed by atoms with Crippen LogP contribution in [0.2, 0.25) is 0 Å². The van der Waals surface area contributed by atoms with Crippen LogP contribution in [0.3, 0.4) is 0 Å². The highest BCUT2D eigenvalue weighted by molar-refractivity contribution is 9.10. The highest BCUT2D eigenvalue weighted by atomic mass is 79.9. The van der Waals surface area contributed by atoms with E-state index in [4.69, 9.17) is 4.42 Å². The van der Waals surface area contributed by atoms with E-state index >= 15 is 0 Å². The molecule has 2 N–H and O–H groups in total. The van der Waals surface area contributed by atoms with E-state index in [2.05, 4.69) is 28.2 Å². The molecule has 0 aliphatic rings. The summed E-state index contributed by atoms with van der Waals surface area (Å²) in [6.07, 6.45) is 0.893. The zero-order chi connectivity index (χ0) is 13.8. The summed E-state index contributed by atoms with van der Waals surface area (Å²) in [6.45, 7) is 4.67. The predicted molar refractivity (Wildman–Crippen MR) is 79.1 cm³/mol. The van der Waals surface area contributed by atoms with Gasteiger partial charge in [0, 0.05) is 16.1 Å². The normalized spacial score (nSPS) is 12.6. The molecule has 0 aliphatic carbocycles. The summed E-state index contributed by atoms with van der Waals surface area (Å²) < 4.78 is 6.50. The van der Waals surface area contributed by atoms with Crippen LogP contribution in [0.15, 0.2) is 39.2 Å². The number of halogens is 1. The Balaban J connectivity index is 2.09. The van der Waals surface area contributed by atoms with Crippen LogP contribution >= 0.6 is 15.9 Å². The van der Waals surface area contributed by atoms with E-state index in [-0.39, 0.29) is 6.04 Å². The standard InChI is InChI=1S/C15H18BrNO2/c1-3-14(13-8-11(16)5-7-15(13)18)17-9-12-6-4-10(2)19-12/h4-8,14,17-18H,3,9H2,1-2H3. The number of aromatic hydroxyl groups is 1. The van der Waals surface area contributed by atoms with Gasteiger partial charge in [-0.3, -0.25) is 0 Å². The van der Waals surface area contributed by atoms with Crippen molar-refractivity contribution in [2.24, 2.45) is 0 Å². The van der Waals surface area contributed by atoms with Gasteiger partial charge in [0.05, 0.1) is 6.54 Å². The van der Waals surface area contributed by atoms with E-state index < -0.39 is 0 Å². The lowest BCUT2D eigenvalue weighted by molar-refractivity contribution is 0.413. The Labute approximate surface area is 121 Å². The molecule has 1 aromatic heterocycles. The number of nitrogens with one attached hydrogen (secondary N) is 1. The van der Waals surface area contributed by atoms with Crippen molar-refractivity contribution in [3.8, 4) is 5.75 Å². The molecule has 0 aliphatic heterocycles. The fourth-order valence-electron chi connectivity index (χ4n) is 2.08. The van der Waals surface area contributed by atoms with E-state index in [1.807, 2.05) is 31.2 Å². The largest absolute Gasteiger partial charge is 0.508 e. The summed E-state index contributed by atoms with van der Waals surface area (Å²) in [6, 6.07) is 9.51. The molecule has 19 heavy (non-hydrogen) atoms. The molecule has 0 saturated heterocycles. The van der Waals surface area contributed by atoms with Gasteiger partial charge >= 0.3 is 0 Å². The van der Waals surface area contributed by atoms with Gasteiger partial charge in [0.15, 0.2) is 0 Å². The lowest BCUT2D eigenvalue weighted by Crippen LogP contribution is -2.20. The molecule has 2 rings (SSSR count). The van der Waals surface area contributed by atoms with Crippen LogP contribution in [0.25, 0.3) is 0 Å². The molecule has 0 radical (unpaired) electrons. The summed E-state index contributed by atoms with van der Waals surface area (Å²) in [5, 5.41) is 13.4. The highest BCUT2D eigenvalue weighted by Crippen LogP contribution is 2.29. The molecule has 0 amide bonds. The van der Waals surface area contributed by atoms with Gasteiger partial charge < -0.3 is 14.8 Å². The van der Waals surface area contributed by atoms with Crippen LogP contribution in [-0.2, 0) is 6.54 Å². The number of phenols is 1. The van der Waals surface area contributed by atoms with Crippen LogP contribution in [0.5, 0.6) is 5.75 Å². The molecule has 1 aromatic carbocycles. The van der Waals surface area contributed by atoms with E-state index in [0.717, 1.165) is 28.0 Å². The van der Waals surface area contributed by atoms with Gasteiger partial charge in [-0.05, 0) is 43.7 Å². The van der Waals surface area contributed by atoms with Crippen molar-refractivity contribution < 1.29 is 9.52 Å². The Morgan fingerprint density at radius 1 is 1.32 bits per heavy atom. The van der Waals surface area contributed by atoms with Crippen molar-refractivity contribution in [1.29, 1.82) is 0 Å². The molecule has 3 nitrogen and oxygen atoms in total. The minimum atomic E-state index is 0.0999. The first kappa shape index (κ1) is 14.2. The second-order valence-electron chi connectivity index (χ2n) is 4.56. The minimum absolute atomic E-state index is 0.0999. The van der Waals surface area contributed by atoms with Crippen molar-refractivity contribution >= 4 is 15.9 Å². The SMILES string of the molecule is CCC(NCc1ccc(C)o1)c1cc(Br)ccc1O. The molecule has 1 heterocycles. The number of furan rings is 1. The second kappa shape index (κ2) is 6.26. The molecule has 0 spiro atoms. The van der Waals surface area contributed by atoms with Crippen molar-refractivity contribution in [3.05, 3.63) is 51.9 Å². The lowest BCUT2D eigenvalue weighted by atomic mass is 10.0. The van der Waals surface area contributed by atoms with Gasteiger partial charge in [-0.25, -0.2) is 0 Å². The van der Waals surface area contributed by atoms with Crippen molar-refractivity contribution in [2.75, 3.05) is 0 Å². The number of phenolic OH excluding ortho intramolecular Hbond substituents is 1. The molecule has 2 aromatic rings. The molecular formula is C15H18BrNO2. The third-order valence-corrected chi connectivity index (χ3v) is 3.59. The summed E-state index contributed by atoms with van der Waals surface area (Å²) >= 11 is 3.44. The third kappa shape index (κ3) is 3.61. The zero-order valence-corrected chi connectivity index (χ0v) is 12.7. The van der Waals surface area contributed by atoms with Crippen LogP contribution < -0.4 is 5.32 Å². The fraction of sp³-hybridized carbons (Fsp3) is 0.333. The number of rotatable bonds is 5. The summed E-state index contributed by atoms with van der Waals surface area (Å²) in [5.74, 6) is 2.14. The first-order chi connectivity index (χ1) is 9.10. The maximum atomic E-state index is 9.95. The summed E-state index contributed by atoms with van der Waals surface area (Å²) in [7, 11) is 0. The van der Waals surface area contributed by atoms with Crippen molar-refractivity contribution in [1.82, 2.24) is 5.32 Å². The van der Waals surface area contributed by atoms with Crippen LogP contribution in [0.1, 0.15) is 36.5 Å². The van der Waals surface area contributed by atoms with Gasteiger partial charge in [-0.15, -0.1) is 0 Å². The molecule has 4 heteroatoms. The lowest BCUT2D eigenvalue weighted by Gasteiger charge is -2.18. The first-order valence-corrected chi connectivity index (χ1v) is 7.16. The first-order valence-electron chi connectivity index (χ1n) is 6.37. The number of hydrogen-bond donors (Lipinski definition) is 2. The van der Waals surface area contributed by atoms with Crippen LogP contribution in [0.4, 0.5) is 0 Å². The second-order valence-corrected chi connectivity index (χ2v) is 5.47. The molecule has 0 fully saturated rings. The fourth-order valence-corrected chi connectivity index (χ4v) is 2.46. The van der Waals surface area contributed by atoms with E-state index in [1.54, 1.807) is 6.07 Å². The van der Waals surface area contributed by atoms with Crippen molar-refractivity contribution in [2.45, 2.75) is 32.9 Å². The number of benzene rings is 1. The minimum Gasteiger partial charge on any atom is -0.508 e. The van der Waals surface area contributed by atoms with Gasteiger partial charge in [0.2, 0.25) is 0 Å². The van der Waals surface area contributed by atoms with Gasteiger partial charge in [-0.1, -0.05) is 22.9 Å².